The summed E-state index contributed by atoms with van der Waals surface area (Å²) in [6, 6.07) is 5.18. The van der Waals surface area contributed by atoms with Crippen molar-refractivity contribution in [2.45, 2.75) is 32.7 Å². The van der Waals surface area contributed by atoms with Crippen molar-refractivity contribution in [3.63, 3.8) is 0 Å². The lowest BCUT2D eigenvalue weighted by Gasteiger charge is -2.13. The van der Waals surface area contributed by atoms with Gasteiger partial charge in [-0.05, 0) is 43.9 Å². The monoisotopic (exact) mass is 209 g/mol. The van der Waals surface area contributed by atoms with Crippen molar-refractivity contribution in [1.29, 1.82) is 0 Å². The SMILES string of the molecule is CCc1ccc(C(NC)C2CC2C)s1. The number of hydrogen-bond donors (Lipinski definition) is 1. The summed E-state index contributed by atoms with van der Waals surface area (Å²) in [5, 5.41) is 3.46. The minimum Gasteiger partial charge on any atom is -0.312 e. The highest BCUT2D eigenvalue weighted by Gasteiger charge is 2.39. The molecule has 0 radical (unpaired) electrons. The van der Waals surface area contributed by atoms with Gasteiger partial charge in [0.15, 0.2) is 0 Å². The molecule has 0 spiro atoms. The van der Waals surface area contributed by atoms with Crippen LogP contribution in [0.4, 0.5) is 0 Å². The lowest BCUT2D eigenvalue weighted by molar-refractivity contribution is 0.512. The van der Waals surface area contributed by atoms with Crippen molar-refractivity contribution in [3.8, 4) is 0 Å². The van der Waals surface area contributed by atoms with Crippen molar-refractivity contribution in [2.24, 2.45) is 11.8 Å². The van der Waals surface area contributed by atoms with Crippen LogP contribution in [0.15, 0.2) is 12.1 Å². The second-order valence-electron chi connectivity index (χ2n) is 4.30. The van der Waals surface area contributed by atoms with Crippen LogP contribution in [0.3, 0.4) is 0 Å². The predicted octanol–water partition coefficient (Wildman–Crippen LogP) is 3.23. The third-order valence-electron chi connectivity index (χ3n) is 3.25. The zero-order valence-electron chi connectivity index (χ0n) is 9.21. The van der Waals surface area contributed by atoms with E-state index in [2.05, 4.69) is 38.3 Å². The third-order valence-corrected chi connectivity index (χ3v) is 4.56. The van der Waals surface area contributed by atoms with E-state index in [1.165, 1.54) is 22.6 Å². The molecule has 1 saturated carbocycles. The van der Waals surface area contributed by atoms with Crippen LogP contribution in [-0.4, -0.2) is 7.05 Å². The van der Waals surface area contributed by atoms with Gasteiger partial charge in [-0.15, -0.1) is 11.3 Å². The molecule has 2 heteroatoms. The van der Waals surface area contributed by atoms with Gasteiger partial charge in [0.05, 0.1) is 0 Å². The van der Waals surface area contributed by atoms with Crippen LogP contribution in [0.25, 0.3) is 0 Å². The molecule has 3 atom stereocenters. The number of rotatable bonds is 4. The summed E-state index contributed by atoms with van der Waals surface area (Å²) < 4.78 is 0. The van der Waals surface area contributed by atoms with Crippen LogP contribution in [0.1, 0.15) is 36.1 Å². The molecule has 0 bridgehead atoms. The molecule has 0 saturated heterocycles. The molecule has 0 amide bonds. The summed E-state index contributed by atoms with van der Waals surface area (Å²) in [7, 11) is 2.08. The number of aryl methyl sites for hydroxylation is 1. The zero-order valence-corrected chi connectivity index (χ0v) is 10.0. The van der Waals surface area contributed by atoms with E-state index in [1.54, 1.807) is 0 Å². The van der Waals surface area contributed by atoms with E-state index in [0.29, 0.717) is 6.04 Å². The van der Waals surface area contributed by atoms with Gasteiger partial charge >= 0.3 is 0 Å². The van der Waals surface area contributed by atoms with Crippen molar-refractivity contribution in [2.75, 3.05) is 7.05 Å². The Balaban J connectivity index is 2.11. The topological polar surface area (TPSA) is 12.0 Å². The second-order valence-corrected chi connectivity index (χ2v) is 5.50. The molecule has 78 valence electrons. The quantitative estimate of drug-likeness (QED) is 0.803. The van der Waals surface area contributed by atoms with Gasteiger partial charge in [0.25, 0.3) is 0 Å². The minimum absolute atomic E-state index is 0.607. The summed E-state index contributed by atoms with van der Waals surface area (Å²) in [4.78, 5) is 3.03. The first-order valence-electron chi connectivity index (χ1n) is 5.52. The zero-order chi connectivity index (χ0) is 10.1. The van der Waals surface area contributed by atoms with Crippen LogP contribution in [-0.2, 0) is 6.42 Å². The Hall–Kier alpha value is -0.340. The van der Waals surface area contributed by atoms with E-state index < -0.39 is 0 Å². The molecule has 1 aliphatic rings. The van der Waals surface area contributed by atoms with Gasteiger partial charge in [-0.2, -0.15) is 0 Å². The molecule has 1 aromatic heterocycles. The van der Waals surface area contributed by atoms with Gasteiger partial charge in [-0.3, -0.25) is 0 Å². The maximum atomic E-state index is 3.46. The van der Waals surface area contributed by atoms with E-state index in [9.17, 15) is 0 Å². The van der Waals surface area contributed by atoms with Crippen molar-refractivity contribution in [1.82, 2.24) is 5.32 Å². The number of nitrogens with one attached hydrogen (secondary N) is 1. The number of hydrogen-bond acceptors (Lipinski definition) is 2. The van der Waals surface area contributed by atoms with Gasteiger partial charge < -0.3 is 5.32 Å². The van der Waals surface area contributed by atoms with Crippen LogP contribution >= 0.6 is 11.3 Å². The Morgan fingerprint density at radius 1 is 1.57 bits per heavy atom. The maximum absolute atomic E-state index is 3.46. The van der Waals surface area contributed by atoms with E-state index in [4.69, 9.17) is 0 Å². The second kappa shape index (κ2) is 4.03. The Kier molecular flexibility index (Phi) is 2.93. The molecule has 3 unspecified atom stereocenters. The summed E-state index contributed by atoms with van der Waals surface area (Å²) >= 11 is 1.97. The summed E-state index contributed by atoms with van der Waals surface area (Å²) in [6.45, 7) is 4.58. The number of thiophene rings is 1. The average Bonchev–Trinajstić information content (AvgIpc) is 2.73. The lowest BCUT2D eigenvalue weighted by Crippen LogP contribution is -2.17. The normalized spacial score (nSPS) is 27.6. The van der Waals surface area contributed by atoms with Crippen LogP contribution in [0, 0.1) is 11.8 Å². The molecule has 1 aliphatic carbocycles. The first kappa shape index (κ1) is 10.2. The smallest absolute Gasteiger partial charge is 0.0443 e. The fourth-order valence-electron chi connectivity index (χ4n) is 2.13. The van der Waals surface area contributed by atoms with Crippen molar-refractivity contribution < 1.29 is 0 Å². The summed E-state index contributed by atoms with van der Waals surface area (Å²) in [5.74, 6) is 1.79. The molecule has 14 heavy (non-hydrogen) atoms. The van der Waals surface area contributed by atoms with Crippen LogP contribution < -0.4 is 5.32 Å². The van der Waals surface area contributed by atoms with Crippen molar-refractivity contribution >= 4 is 11.3 Å². The molecular weight excluding hydrogens is 190 g/mol. The highest BCUT2D eigenvalue weighted by molar-refractivity contribution is 7.12. The molecule has 0 aromatic carbocycles. The van der Waals surface area contributed by atoms with Gasteiger partial charge in [0.2, 0.25) is 0 Å². The minimum atomic E-state index is 0.607. The van der Waals surface area contributed by atoms with E-state index in [0.717, 1.165) is 11.8 Å². The third kappa shape index (κ3) is 1.86. The Bertz CT molecular complexity index is 305. The summed E-state index contributed by atoms with van der Waals surface area (Å²) in [5.41, 5.74) is 0. The highest BCUT2D eigenvalue weighted by atomic mass is 32.1. The van der Waals surface area contributed by atoms with Gasteiger partial charge in [0.1, 0.15) is 0 Å². The largest absolute Gasteiger partial charge is 0.312 e. The van der Waals surface area contributed by atoms with E-state index >= 15 is 0 Å². The van der Waals surface area contributed by atoms with Gasteiger partial charge in [-0.25, -0.2) is 0 Å². The van der Waals surface area contributed by atoms with E-state index in [1.807, 2.05) is 11.3 Å². The predicted molar refractivity (Wildman–Crippen MR) is 62.8 cm³/mol. The average molecular weight is 209 g/mol. The summed E-state index contributed by atoms with van der Waals surface area (Å²) in [6.07, 6.45) is 2.56. The molecule has 1 fully saturated rings. The standard InChI is InChI=1S/C12H19NS/c1-4-9-5-6-11(14-9)12(13-3)10-7-8(10)2/h5-6,8,10,12-13H,4,7H2,1-3H3. The van der Waals surface area contributed by atoms with Crippen LogP contribution in [0.2, 0.25) is 0 Å². The van der Waals surface area contributed by atoms with Crippen molar-refractivity contribution in [3.05, 3.63) is 21.9 Å². The molecule has 0 aliphatic heterocycles. The Morgan fingerprint density at radius 2 is 2.29 bits per heavy atom. The highest BCUT2D eigenvalue weighted by Crippen LogP contribution is 2.47. The Labute approximate surface area is 90.5 Å². The molecule has 1 aromatic rings. The fraction of sp³-hybridized carbons (Fsp3) is 0.667. The molecule has 1 heterocycles. The van der Waals surface area contributed by atoms with Gasteiger partial charge in [0, 0.05) is 15.8 Å². The van der Waals surface area contributed by atoms with Crippen LogP contribution in [0.5, 0.6) is 0 Å². The molecule has 2 rings (SSSR count). The lowest BCUT2D eigenvalue weighted by atomic mass is 10.1. The fourth-order valence-corrected chi connectivity index (χ4v) is 3.27. The maximum Gasteiger partial charge on any atom is 0.0443 e. The molecule has 1 N–H and O–H groups in total. The molecular formula is C12H19NS. The molecule has 1 nitrogen and oxygen atoms in total. The first-order chi connectivity index (χ1) is 6.76. The first-order valence-corrected chi connectivity index (χ1v) is 6.33. The van der Waals surface area contributed by atoms with E-state index in [-0.39, 0.29) is 0 Å². The Morgan fingerprint density at radius 3 is 2.71 bits per heavy atom. The van der Waals surface area contributed by atoms with Gasteiger partial charge in [-0.1, -0.05) is 13.8 Å².